The second kappa shape index (κ2) is 11.0. The van der Waals surface area contributed by atoms with Crippen molar-refractivity contribution in [2.75, 3.05) is 43.2 Å². The molecule has 34 heavy (non-hydrogen) atoms. The fourth-order valence-corrected chi connectivity index (χ4v) is 3.16. The maximum atomic E-state index is 14.2. The Labute approximate surface area is 198 Å². The first-order chi connectivity index (χ1) is 16.5. The van der Waals surface area contributed by atoms with Crippen LogP contribution in [0.25, 0.3) is 0 Å². The lowest BCUT2D eigenvalue weighted by atomic mass is 10.2. The number of anilines is 2. The van der Waals surface area contributed by atoms with E-state index in [0.717, 1.165) is 12.4 Å². The summed E-state index contributed by atoms with van der Waals surface area (Å²) in [5.41, 5.74) is 3.33. The van der Waals surface area contributed by atoms with Crippen molar-refractivity contribution in [3.63, 3.8) is 0 Å². The Bertz CT molecular complexity index is 1180. The highest BCUT2D eigenvalue weighted by Crippen LogP contribution is 2.33. The summed E-state index contributed by atoms with van der Waals surface area (Å²) in [6.07, 6.45) is 3.50. The van der Waals surface area contributed by atoms with E-state index in [1.165, 1.54) is 6.21 Å². The third kappa shape index (κ3) is 5.83. The van der Waals surface area contributed by atoms with E-state index >= 15 is 0 Å². The second-order valence-corrected chi connectivity index (χ2v) is 7.21. The predicted octanol–water partition coefficient (Wildman–Crippen LogP) is 3.67. The van der Waals surface area contributed by atoms with Crippen molar-refractivity contribution in [2.24, 2.45) is 5.10 Å². The third-order valence-corrected chi connectivity index (χ3v) is 4.75. The third-order valence-electron chi connectivity index (χ3n) is 4.57. The van der Waals surface area contributed by atoms with E-state index in [4.69, 9.17) is 25.8 Å². The highest BCUT2D eigenvalue weighted by Gasteiger charge is 2.18. The van der Waals surface area contributed by atoms with E-state index in [2.05, 4.69) is 30.5 Å². The Kier molecular flexibility index (Phi) is 7.60. The van der Waals surface area contributed by atoms with Gasteiger partial charge in [-0.2, -0.15) is 19.5 Å². The van der Waals surface area contributed by atoms with Crippen LogP contribution in [0.3, 0.4) is 0 Å². The molecule has 3 aromatic rings. The molecule has 0 atom stereocenters. The maximum absolute atomic E-state index is 14.2. The Hall–Kier alpha value is -3.64. The SMILES string of the molecule is CCOc1cc(C=NNc2ncc(F)c(N3CCOCC3)n2)ccc1Oc1nc(Cl)ncc1F. The summed E-state index contributed by atoms with van der Waals surface area (Å²) >= 11 is 5.72. The average molecular weight is 492 g/mol. The van der Waals surface area contributed by atoms with Crippen LogP contribution in [0.1, 0.15) is 12.5 Å². The van der Waals surface area contributed by atoms with Gasteiger partial charge in [0.05, 0.1) is 38.4 Å². The van der Waals surface area contributed by atoms with Crippen LogP contribution in [-0.2, 0) is 4.74 Å². The Balaban J connectivity index is 1.48. The highest BCUT2D eigenvalue weighted by atomic mass is 35.5. The molecule has 3 heterocycles. The van der Waals surface area contributed by atoms with E-state index in [9.17, 15) is 8.78 Å². The van der Waals surface area contributed by atoms with Crippen LogP contribution in [0, 0.1) is 11.6 Å². The number of nitrogens with one attached hydrogen (secondary N) is 1. The second-order valence-electron chi connectivity index (χ2n) is 6.87. The molecule has 10 nitrogen and oxygen atoms in total. The maximum Gasteiger partial charge on any atom is 0.260 e. The quantitative estimate of drug-likeness (QED) is 0.287. The number of nitrogens with zero attached hydrogens (tertiary/aromatic N) is 6. The number of morpholine rings is 1. The number of hydrazone groups is 1. The fourth-order valence-electron chi connectivity index (χ4n) is 3.04. The first kappa shape index (κ1) is 23.5. The van der Waals surface area contributed by atoms with E-state index < -0.39 is 11.6 Å². The summed E-state index contributed by atoms with van der Waals surface area (Å²) in [5.74, 6) is -0.708. The van der Waals surface area contributed by atoms with Crippen molar-refractivity contribution in [2.45, 2.75) is 6.92 Å². The Morgan fingerprint density at radius 3 is 2.74 bits per heavy atom. The highest BCUT2D eigenvalue weighted by molar-refractivity contribution is 6.28. The van der Waals surface area contributed by atoms with Crippen molar-refractivity contribution in [3.8, 4) is 17.4 Å². The summed E-state index contributed by atoms with van der Waals surface area (Å²) in [4.78, 5) is 17.2. The van der Waals surface area contributed by atoms with Crippen LogP contribution >= 0.6 is 11.6 Å². The number of halogens is 3. The molecule has 0 radical (unpaired) electrons. The van der Waals surface area contributed by atoms with Crippen LogP contribution in [0.15, 0.2) is 35.7 Å². The smallest absolute Gasteiger partial charge is 0.260 e. The molecule has 13 heteroatoms. The number of rotatable bonds is 8. The van der Waals surface area contributed by atoms with Gasteiger partial charge < -0.3 is 19.1 Å². The molecule has 0 amide bonds. The van der Waals surface area contributed by atoms with Crippen molar-refractivity contribution in [1.82, 2.24) is 19.9 Å². The largest absolute Gasteiger partial charge is 0.490 e. The lowest BCUT2D eigenvalue weighted by Crippen LogP contribution is -2.37. The van der Waals surface area contributed by atoms with Crippen LogP contribution < -0.4 is 19.8 Å². The molecule has 1 aliphatic heterocycles. The van der Waals surface area contributed by atoms with Gasteiger partial charge in [-0.1, -0.05) is 0 Å². The molecule has 0 aliphatic carbocycles. The number of hydrogen-bond donors (Lipinski definition) is 1. The molecule has 1 saturated heterocycles. The molecule has 1 N–H and O–H groups in total. The molecular formula is C21H20ClF2N7O3. The minimum Gasteiger partial charge on any atom is -0.490 e. The Morgan fingerprint density at radius 2 is 1.94 bits per heavy atom. The van der Waals surface area contributed by atoms with Gasteiger partial charge in [-0.25, -0.2) is 19.8 Å². The normalized spacial score (nSPS) is 13.8. The molecule has 0 bridgehead atoms. The minimum absolute atomic E-state index is 0.139. The van der Waals surface area contributed by atoms with Gasteiger partial charge in [0.1, 0.15) is 0 Å². The van der Waals surface area contributed by atoms with Gasteiger partial charge in [0.2, 0.25) is 17.0 Å². The standard InChI is InChI=1S/C21H20ClF2N7O3/c1-2-33-17-9-13(3-4-16(17)34-19-15(24)12-25-20(22)29-19)10-27-30-21-26-11-14(23)18(28-21)31-5-7-32-8-6-31/h3-4,9-12H,2,5-8H2,1H3,(H,26,28,30). The molecule has 2 aromatic heterocycles. The molecule has 0 unspecified atom stereocenters. The van der Waals surface area contributed by atoms with Crippen LogP contribution in [0.5, 0.6) is 17.4 Å². The summed E-state index contributed by atoms with van der Waals surface area (Å²) in [6, 6.07) is 4.90. The zero-order chi connectivity index (χ0) is 23.9. The topological polar surface area (TPSA) is 107 Å². The van der Waals surface area contributed by atoms with Gasteiger partial charge >= 0.3 is 0 Å². The summed E-state index contributed by atoms with van der Waals surface area (Å²) in [5, 5.41) is 3.96. The molecule has 178 valence electrons. The van der Waals surface area contributed by atoms with E-state index in [1.54, 1.807) is 30.0 Å². The molecule has 1 aromatic carbocycles. The number of benzene rings is 1. The first-order valence-electron chi connectivity index (χ1n) is 10.3. The van der Waals surface area contributed by atoms with Crippen LogP contribution in [0.4, 0.5) is 20.5 Å². The monoisotopic (exact) mass is 491 g/mol. The van der Waals surface area contributed by atoms with Gasteiger partial charge in [-0.15, -0.1) is 0 Å². The molecule has 4 rings (SSSR count). The van der Waals surface area contributed by atoms with E-state index in [1.807, 2.05) is 0 Å². The predicted molar refractivity (Wildman–Crippen MR) is 121 cm³/mol. The summed E-state index contributed by atoms with van der Waals surface area (Å²) < 4.78 is 44.5. The molecule has 0 spiro atoms. The molecule has 0 saturated carbocycles. The lowest BCUT2D eigenvalue weighted by molar-refractivity contribution is 0.122. The van der Waals surface area contributed by atoms with Gasteiger partial charge in [0.15, 0.2) is 23.1 Å². The fraction of sp³-hybridized carbons (Fsp3) is 0.286. The van der Waals surface area contributed by atoms with Crippen molar-refractivity contribution in [3.05, 3.63) is 53.1 Å². The lowest BCUT2D eigenvalue weighted by Gasteiger charge is -2.27. The Morgan fingerprint density at radius 1 is 1.15 bits per heavy atom. The molecule has 1 aliphatic rings. The van der Waals surface area contributed by atoms with Crippen LogP contribution in [0.2, 0.25) is 5.28 Å². The summed E-state index contributed by atoms with van der Waals surface area (Å²) in [6.45, 7) is 4.22. The number of ether oxygens (including phenoxy) is 3. The van der Waals surface area contributed by atoms with Gasteiger partial charge in [0, 0.05) is 13.1 Å². The average Bonchev–Trinajstić information content (AvgIpc) is 2.84. The van der Waals surface area contributed by atoms with Gasteiger partial charge in [0.25, 0.3) is 5.88 Å². The number of aromatic nitrogens is 4. The van der Waals surface area contributed by atoms with Gasteiger partial charge in [-0.05, 0) is 42.3 Å². The van der Waals surface area contributed by atoms with E-state index in [0.29, 0.717) is 44.2 Å². The molecular weight excluding hydrogens is 472 g/mol. The van der Waals surface area contributed by atoms with Crippen LogP contribution in [-0.4, -0.2) is 59.1 Å². The zero-order valence-electron chi connectivity index (χ0n) is 18.0. The first-order valence-corrected chi connectivity index (χ1v) is 10.7. The minimum atomic E-state index is -0.766. The van der Waals surface area contributed by atoms with E-state index in [-0.39, 0.29) is 28.7 Å². The summed E-state index contributed by atoms with van der Waals surface area (Å²) in [7, 11) is 0. The van der Waals surface area contributed by atoms with Crippen molar-refractivity contribution >= 4 is 29.6 Å². The van der Waals surface area contributed by atoms with Gasteiger partial charge in [-0.3, -0.25) is 0 Å². The van der Waals surface area contributed by atoms with Crippen molar-refractivity contribution < 1.29 is 23.0 Å². The molecule has 1 fully saturated rings. The van der Waals surface area contributed by atoms with Crippen molar-refractivity contribution in [1.29, 1.82) is 0 Å². The zero-order valence-corrected chi connectivity index (χ0v) is 18.8. The number of hydrogen-bond acceptors (Lipinski definition) is 10.